The number of hydrogen-bond acceptors (Lipinski definition) is 4. The maximum atomic E-state index is 13.0. The first-order chi connectivity index (χ1) is 7.70. The third-order valence-corrected chi connectivity index (χ3v) is 2.02. The third kappa shape index (κ3) is 1.95. The quantitative estimate of drug-likeness (QED) is 0.822. The summed E-state index contributed by atoms with van der Waals surface area (Å²) in [5, 5.41) is 7.05. The van der Waals surface area contributed by atoms with E-state index in [4.69, 9.17) is 5.73 Å². The molecule has 1 aromatic carbocycles. The Kier molecular flexibility index (Phi) is 2.72. The fraction of sp³-hybridized carbons (Fsp3) is 0.200. The highest BCUT2D eigenvalue weighted by Gasteiger charge is 2.08. The minimum Gasteiger partial charge on any atom is -0.368 e. The van der Waals surface area contributed by atoms with Gasteiger partial charge in [0.2, 0.25) is 11.9 Å². The molecule has 2 aromatic rings. The highest BCUT2D eigenvalue weighted by atomic mass is 19.1. The lowest BCUT2D eigenvalue weighted by Crippen LogP contribution is -2.03. The lowest BCUT2D eigenvalue weighted by Gasteiger charge is -2.01. The monoisotopic (exact) mass is 221 g/mol. The van der Waals surface area contributed by atoms with Crippen molar-refractivity contribution in [2.75, 3.05) is 17.6 Å². The standard InChI is InChI=1S/C10H12FN5/c1-2-13-10-14-9(12)16(15-10)8-5-3-4-7(11)6-8/h3-6H,2H2,1H3,(H3,12,13,14,15). The van der Waals surface area contributed by atoms with E-state index < -0.39 is 0 Å². The smallest absolute Gasteiger partial charge is 0.244 e. The molecule has 1 aromatic heterocycles. The largest absolute Gasteiger partial charge is 0.368 e. The maximum Gasteiger partial charge on any atom is 0.244 e. The zero-order chi connectivity index (χ0) is 11.5. The van der Waals surface area contributed by atoms with E-state index in [2.05, 4.69) is 15.4 Å². The molecule has 5 nitrogen and oxygen atoms in total. The van der Waals surface area contributed by atoms with Gasteiger partial charge < -0.3 is 11.1 Å². The topological polar surface area (TPSA) is 68.8 Å². The van der Waals surface area contributed by atoms with Gasteiger partial charge in [-0.1, -0.05) is 6.07 Å². The fourth-order valence-corrected chi connectivity index (χ4v) is 1.36. The number of benzene rings is 1. The first-order valence-corrected chi connectivity index (χ1v) is 4.93. The second kappa shape index (κ2) is 4.18. The summed E-state index contributed by atoms with van der Waals surface area (Å²) in [5.41, 5.74) is 6.23. The van der Waals surface area contributed by atoms with Crippen LogP contribution in [-0.2, 0) is 0 Å². The van der Waals surface area contributed by atoms with Crippen LogP contribution in [0.2, 0.25) is 0 Å². The van der Waals surface area contributed by atoms with E-state index in [1.165, 1.54) is 16.8 Å². The number of nitrogens with two attached hydrogens (primary N) is 1. The minimum atomic E-state index is -0.336. The minimum absolute atomic E-state index is 0.224. The van der Waals surface area contributed by atoms with Crippen molar-refractivity contribution in [1.29, 1.82) is 0 Å². The van der Waals surface area contributed by atoms with Crippen LogP contribution in [0.15, 0.2) is 24.3 Å². The van der Waals surface area contributed by atoms with Crippen molar-refractivity contribution in [2.45, 2.75) is 6.92 Å². The van der Waals surface area contributed by atoms with Gasteiger partial charge in [-0.3, -0.25) is 0 Å². The Bertz CT molecular complexity index is 494. The molecule has 0 fully saturated rings. The molecule has 3 N–H and O–H groups in total. The van der Waals surface area contributed by atoms with Crippen LogP contribution < -0.4 is 11.1 Å². The van der Waals surface area contributed by atoms with Gasteiger partial charge >= 0.3 is 0 Å². The molecule has 0 saturated heterocycles. The van der Waals surface area contributed by atoms with Gasteiger partial charge in [0.05, 0.1) is 5.69 Å². The van der Waals surface area contributed by atoms with E-state index in [9.17, 15) is 4.39 Å². The lowest BCUT2D eigenvalue weighted by molar-refractivity contribution is 0.625. The molecule has 0 bridgehead atoms. The molecule has 0 aliphatic heterocycles. The van der Waals surface area contributed by atoms with Crippen molar-refractivity contribution in [1.82, 2.24) is 14.8 Å². The maximum absolute atomic E-state index is 13.0. The van der Waals surface area contributed by atoms with Crippen LogP contribution in [0.1, 0.15) is 6.92 Å². The molecule has 84 valence electrons. The van der Waals surface area contributed by atoms with E-state index in [1.54, 1.807) is 12.1 Å². The van der Waals surface area contributed by atoms with Crippen LogP contribution in [0.3, 0.4) is 0 Å². The molecule has 6 heteroatoms. The molecule has 16 heavy (non-hydrogen) atoms. The Morgan fingerprint density at radius 1 is 1.50 bits per heavy atom. The van der Waals surface area contributed by atoms with Gasteiger partial charge in [0, 0.05) is 6.54 Å². The predicted molar refractivity (Wildman–Crippen MR) is 59.9 cm³/mol. The highest BCUT2D eigenvalue weighted by Crippen LogP contribution is 2.14. The molecular formula is C10H12FN5. The molecule has 1 heterocycles. The average molecular weight is 221 g/mol. The number of nitrogens with zero attached hydrogens (tertiary/aromatic N) is 3. The Balaban J connectivity index is 2.40. The Morgan fingerprint density at radius 2 is 2.31 bits per heavy atom. The number of nitrogens with one attached hydrogen (secondary N) is 1. The summed E-state index contributed by atoms with van der Waals surface area (Å²) in [4.78, 5) is 4.00. The molecule has 0 aliphatic rings. The molecule has 0 unspecified atom stereocenters. The van der Waals surface area contributed by atoms with Gasteiger partial charge in [-0.2, -0.15) is 9.67 Å². The van der Waals surface area contributed by atoms with Crippen molar-refractivity contribution in [3.05, 3.63) is 30.1 Å². The van der Waals surface area contributed by atoms with Gasteiger partial charge in [-0.05, 0) is 25.1 Å². The first kappa shape index (κ1) is 10.4. The zero-order valence-electron chi connectivity index (χ0n) is 8.81. The molecule has 0 amide bonds. The zero-order valence-corrected chi connectivity index (χ0v) is 8.81. The van der Waals surface area contributed by atoms with Crippen molar-refractivity contribution in [2.24, 2.45) is 0 Å². The van der Waals surface area contributed by atoms with Gasteiger partial charge in [-0.15, -0.1) is 5.10 Å². The second-order valence-corrected chi connectivity index (χ2v) is 3.22. The van der Waals surface area contributed by atoms with E-state index in [-0.39, 0.29) is 11.8 Å². The summed E-state index contributed by atoms with van der Waals surface area (Å²) < 4.78 is 14.4. The average Bonchev–Trinajstić information content (AvgIpc) is 2.60. The number of hydrogen-bond donors (Lipinski definition) is 2. The van der Waals surface area contributed by atoms with E-state index in [1.807, 2.05) is 6.92 Å². The van der Waals surface area contributed by atoms with Crippen LogP contribution in [0.4, 0.5) is 16.3 Å². The Hall–Kier alpha value is -2.11. The SMILES string of the molecule is CCNc1nc(N)n(-c2cccc(F)c2)n1. The van der Waals surface area contributed by atoms with Gasteiger partial charge in [0.25, 0.3) is 0 Å². The first-order valence-electron chi connectivity index (χ1n) is 4.93. The molecule has 2 rings (SSSR count). The molecule has 0 spiro atoms. The third-order valence-electron chi connectivity index (χ3n) is 2.02. The summed E-state index contributed by atoms with van der Waals surface area (Å²) in [6.07, 6.45) is 0. The van der Waals surface area contributed by atoms with E-state index >= 15 is 0 Å². The van der Waals surface area contributed by atoms with Crippen molar-refractivity contribution in [3.63, 3.8) is 0 Å². The Labute approximate surface area is 92.1 Å². The van der Waals surface area contributed by atoms with E-state index in [0.717, 1.165) is 0 Å². The van der Waals surface area contributed by atoms with Crippen molar-refractivity contribution < 1.29 is 4.39 Å². The van der Waals surface area contributed by atoms with Crippen LogP contribution in [-0.4, -0.2) is 21.3 Å². The number of nitrogen functional groups attached to an aromatic ring is 1. The van der Waals surface area contributed by atoms with Crippen LogP contribution >= 0.6 is 0 Å². The predicted octanol–water partition coefficient (Wildman–Crippen LogP) is 1.42. The summed E-state index contributed by atoms with van der Waals surface area (Å²) in [6, 6.07) is 6.02. The molecular weight excluding hydrogens is 209 g/mol. The van der Waals surface area contributed by atoms with Gasteiger partial charge in [0.15, 0.2) is 0 Å². The normalized spacial score (nSPS) is 10.4. The van der Waals surface area contributed by atoms with E-state index in [0.29, 0.717) is 18.2 Å². The van der Waals surface area contributed by atoms with Gasteiger partial charge in [-0.25, -0.2) is 4.39 Å². The number of aromatic nitrogens is 3. The van der Waals surface area contributed by atoms with Crippen LogP contribution in [0.5, 0.6) is 0 Å². The lowest BCUT2D eigenvalue weighted by atomic mass is 10.3. The summed E-state index contributed by atoms with van der Waals surface area (Å²) in [7, 11) is 0. The summed E-state index contributed by atoms with van der Waals surface area (Å²) >= 11 is 0. The van der Waals surface area contributed by atoms with Crippen LogP contribution in [0.25, 0.3) is 5.69 Å². The van der Waals surface area contributed by atoms with Gasteiger partial charge in [0.1, 0.15) is 5.82 Å². The number of halogens is 1. The molecule has 0 atom stereocenters. The fourth-order valence-electron chi connectivity index (χ4n) is 1.36. The summed E-state index contributed by atoms with van der Waals surface area (Å²) in [6.45, 7) is 2.63. The number of rotatable bonds is 3. The van der Waals surface area contributed by atoms with Crippen molar-refractivity contribution in [3.8, 4) is 5.69 Å². The molecule has 0 aliphatic carbocycles. The van der Waals surface area contributed by atoms with Crippen LogP contribution in [0, 0.1) is 5.82 Å². The second-order valence-electron chi connectivity index (χ2n) is 3.22. The van der Waals surface area contributed by atoms with Crippen molar-refractivity contribution >= 4 is 11.9 Å². The molecule has 0 saturated carbocycles. The Morgan fingerprint density at radius 3 is 3.00 bits per heavy atom. The highest BCUT2D eigenvalue weighted by molar-refractivity contribution is 5.41. The molecule has 0 radical (unpaired) electrons. The number of anilines is 2. The summed E-state index contributed by atoms with van der Waals surface area (Å²) in [5.74, 6) is 0.322.